The lowest BCUT2D eigenvalue weighted by atomic mass is 9.96. The van der Waals surface area contributed by atoms with Crippen molar-refractivity contribution in [3.05, 3.63) is 75.9 Å². The summed E-state index contributed by atoms with van der Waals surface area (Å²) in [6.45, 7) is 9.50. The molecule has 0 spiro atoms. The number of benzene rings is 2. The molecule has 6 heteroatoms. The Balaban J connectivity index is 1.58. The Morgan fingerprint density at radius 1 is 1.12 bits per heavy atom. The predicted octanol–water partition coefficient (Wildman–Crippen LogP) is 3.49. The third-order valence-corrected chi connectivity index (χ3v) is 6.26. The van der Waals surface area contributed by atoms with E-state index in [1.807, 2.05) is 26.0 Å². The molecule has 6 nitrogen and oxygen atoms in total. The highest BCUT2D eigenvalue weighted by molar-refractivity contribution is 6.01. The summed E-state index contributed by atoms with van der Waals surface area (Å²) < 4.78 is 0. The van der Waals surface area contributed by atoms with Gasteiger partial charge in [-0.15, -0.1) is 0 Å². The first-order valence-corrected chi connectivity index (χ1v) is 12.0. The second kappa shape index (κ2) is 12.2. The second-order valence-electron chi connectivity index (χ2n) is 8.72. The molecule has 1 N–H and O–H groups in total. The minimum atomic E-state index is -0.242. The zero-order valence-corrected chi connectivity index (χ0v) is 20.4. The largest absolute Gasteiger partial charge is 0.355 e. The summed E-state index contributed by atoms with van der Waals surface area (Å²) in [5, 5.41) is 12.5. The number of hydrogen-bond acceptors (Lipinski definition) is 4. The minimum Gasteiger partial charge on any atom is -0.355 e. The smallest absolute Gasteiger partial charge is 0.264 e. The van der Waals surface area contributed by atoms with Gasteiger partial charge in [-0.05, 0) is 61.9 Å². The Labute approximate surface area is 202 Å². The summed E-state index contributed by atoms with van der Waals surface area (Å²) in [4.78, 5) is 28.8. The molecule has 0 bridgehead atoms. The SMILES string of the molecule is CCN(CC)C(=O)C(C#N)=Cc1ccc2c(c1)CN(CC(=O)NCCc1ccc(C)cc1)CC2. The monoisotopic (exact) mass is 458 g/mol. The molecule has 2 amide bonds. The van der Waals surface area contributed by atoms with Gasteiger partial charge in [-0.1, -0.05) is 48.0 Å². The molecule has 0 aromatic heterocycles. The van der Waals surface area contributed by atoms with Gasteiger partial charge in [0.25, 0.3) is 5.91 Å². The quantitative estimate of drug-likeness (QED) is 0.461. The molecule has 0 saturated heterocycles. The molecule has 1 heterocycles. The molecule has 0 radical (unpaired) electrons. The van der Waals surface area contributed by atoms with E-state index in [4.69, 9.17) is 0 Å². The number of rotatable bonds is 9. The Morgan fingerprint density at radius 3 is 2.53 bits per heavy atom. The van der Waals surface area contributed by atoms with Gasteiger partial charge < -0.3 is 10.2 Å². The molecule has 3 rings (SSSR count). The lowest BCUT2D eigenvalue weighted by molar-refractivity contribution is -0.126. The Bertz CT molecular complexity index is 1080. The highest BCUT2D eigenvalue weighted by Gasteiger charge is 2.19. The molecular formula is C28H34N4O2. The van der Waals surface area contributed by atoms with Gasteiger partial charge >= 0.3 is 0 Å². The zero-order chi connectivity index (χ0) is 24.5. The molecule has 1 aliphatic heterocycles. The van der Waals surface area contributed by atoms with Gasteiger partial charge in [-0.25, -0.2) is 0 Å². The topological polar surface area (TPSA) is 76.4 Å². The molecule has 2 aromatic carbocycles. The van der Waals surface area contributed by atoms with E-state index in [2.05, 4.69) is 53.5 Å². The number of carbonyl (C=O) groups is 2. The van der Waals surface area contributed by atoms with Crippen molar-refractivity contribution in [3.8, 4) is 6.07 Å². The maximum atomic E-state index is 12.6. The maximum absolute atomic E-state index is 12.6. The zero-order valence-electron chi connectivity index (χ0n) is 20.4. The van der Waals surface area contributed by atoms with Crippen LogP contribution in [-0.2, 0) is 29.0 Å². The van der Waals surface area contributed by atoms with Gasteiger partial charge in [0.05, 0.1) is 6.54 Å². The van der Waals surface area contributed by atoms with Crippen LogP contribution in [0, 0.1) is 18.3 Å². The lowest BCUT2D eigenvalue weighted by Gasteiger charge is -2.28. The van der Waals surface area contributed by atoms with Crippen molar-refractivity contribution in [2.75, 3.05) is 32.7 Å². The third kappa shape index (κ3) is 6.79. The molecule has 178 valence electrons. The number of likely N-dealkylation sites (N-methyl/N-ethyl adjacent to an activating group) is 1. The number of amides is 2. The van der Waals surface area contributed by atoms with E-state index in [9.17, 15) is 14.9 Å². The van der Waals surface area contributed by atoms with E-state index < -0.39 is 0 Å². The fraction of sp³-hybridized carbons (Fsp3) is 0.393. The van der Waals surface area contributed by atoms with Crippen molar-refractivity contribution >= 4 is 17.9 Å². The summed E-state index contributed by atoms with van der Waals surface area (Å²) in [7, 11) is 0. The molecule has 0 fully saturated rings. The summed E-state index contributed by atoms with van der Waals surface area (Å²) in [5.41, 5.74) is 5.82. The molecule has 2 aromatic rings. The fourth-order valence-corrected chi connectivity index (χ4v) is 4.21. The summed E-state index contributed by atoms with van der Waals surface area (Å²) in [6, 6.07) is 16.5. The maximum Gasteiger partial charge on any atom is 0.264 e. The van der Waals surface area contributed by atoms with E-state index >= 15 is 0 Å². The van der Waals surface area contributed by atoms with Crippen LogP contribution in [0.1, 0.15) is 41.7 Å². The summed E-state index contributed by atoms with van der Waals surface area (Å²) >= 11 is 0. The van der Waals surface area contributed by atoms with Gasteiger partial charge in [-0.2, -0.15) is 5.26 Å². The first kappa shape index (κ1) is 25.2. The standard InChI is InChI=1S/C28H34N4O2/c1-4-32(5-2)28(34)25(18-29)16-23-10-11-24-13-15-31(19-26(24)17-23)20-27(33)30-14-12-22-8-6-21(3)7-9-22/h6-11,16-17H,4-5,12-15,19-20H2,1-3H3,(H,30,33). The van der Waals surface area contributed by atoms with Gasteiger partial charge in [0.2, 0.25) is 5.91 Å². The van der Waals surface area contributed by atoms with Crippen molar-refractivity contribution in [1.29, 1.82) is 5.26 Å². The van der Waals surface area contributed by atoms with Crippen LogP contribution in [0.4, 0.5) is 0 Å². The van der Waals surface area contributed by atoms with Crippen molar-refractivity contribution < 1.29 is 9.59 Å². The number of nitrogens with one attached hydrogen (secondary N) is 1. The number of nitriles is 1. The molecule has 0 atom stereocenters. The minimum absolute atomic E-state index is 0.0307. The molecule has 0 saturated carbocycles. The van der Waals surface area contributed by atoms with Crippen molar-refractivity contribution in [3.63, 3.8) is 0 Å². The van der Waals surface area contributed by atoms with Crippen LogP contribution in [0.25, 0.3) is 6.08 Å². The van der Waals surface area contributed by atoms with Crippen molar-refractivity contribution in [2.45, 2.75) is 40.2 Å². The predicted molar refractivity (Wildman–Crippen MR) is 135 cm³/mol. The highest BCUT2D eigenvalue weighted by atomic mass is 16.2. The van der Waals surface area contributed by atoms with Crippen LogP contribution < -0.4 is 5.32 Å². The summed E-state index contributed by atoms with van der Waals surface area (Å²) in [6.07, 6.45) is 3.36. The number of fused-ring (bicyclic) bond motifs is 1. The van der Waals surface area contributed by atoms with Gasteiger partial charge in [0.15, 0.2) is 0 Å². The first-order chi connectivity index (χ1) is 16.4. The van der Waals surface area contributed by atoms with E-state index in [0.29, 0.717) is 32.7 Å². The van der Waals surface area contributed by atoms with Crippen LogP contribution >= 0.6 is 0 Å². The van der Waals surface area contributed by atoms with Crippen LogP contribution in [0.5, 0.6) is 0 Å². The summed E-state index contributed by atoms with van der Waals surface area (Å²) in [5.74, 6) is -0.211. The van der Waals surface area contributed by atoms with Crippen molar-refractivity contribution in [1.82, 2.24) is 15.1 Å². The number of hydrogen-bond donors (Lipinski definition) is 1. The average molecular weight is 459 g/mol. The van der Waals surface area contributed by atoms with Crippen LogP contribution in [0.15, 0.2) is 48.0 Å². The van der Waals surface area contributed by atoms with E-state index in [1.165, 1.54) is 16.7 Å². The van der Waals surface area contributed by atoms with Crippen LogP contribution in [0.3, 0.4) is 0 Å². The van der Waals surface area contributed by atoms with E-state index in [1.54, 1.807) is 11.0 Å². The highest BCUT2D eigenvalue weighted by Crippen LogP contribution is 2.22. The van der Waals surface area contributed by atoms with Gasteiger partial charge in [0, 0.05) is 32.7 Å². The molecule has 0 aliphatic carbocycles. The van der Waals surface area contributed by atoms with Gasteiger partial charge in [-0.3, -0.25) is 14.5 Å². The van der Waals surface area contributed by atoms with Gasteiger partial charge in [0.1, 0.15) is 11.6 Å². The van der Waals surface area contributed by atoms with Crippen LogP contribution in [-0.4, -0.2) is 54.3 Å². The molecule has 0 unspecified atom stereocenters. The third-order valence-electron chi connectivity index (χ3n) is 6.26. The lowest BCUT2D eigenvalue weighted by Crippen LogP contribution is -2.40. The number of nitrogens with zero attached hydrogens (tertiary/aromatic N) is 3. The molecule has 1 aliphatic rings. The normalized spacial score (nSPS) is 13.6. The van der Waals surface area contributed by atoms with Crippen LogP contribution in [0.2, 0.25) is 0 Å². The van der Waals surface area contributed by atoms with E-state index in [0.717, 1.165) is 30.5 Å². The average Bonchev–Trinajstić information content (AvgIpc) is 2.84. The Hall–Kier alpha value is -3.43. The molecule has 34 heavy (non-hydrogen) atoms. The van der Waals surface area contributed by atoms with E-state index in [-0.39, 0.29) is 17.4 Å². The second-order valence-corrected chi connectivity index (χ2v) is 8.72. The Kier molecular flexibility index (Phi) is 9.00. The molecular weight excluding hydrogens is 424 g/mol. The first-order valence-electron chi connectivity index (χ1n) is 12.0. The number of carbonyl (C=O) groups excluding carboxylic acids is 2. The number of aryl methyl sites for hydroxylation is 1. The Morgan fingerprint density at radius 2 is 1.85 bits per heavy atom. The fourth-order valence-electron chi connectivity index (χ4n) is 4.21. The van der Waals surface area contributed by atoms with Crippen molar-refractivity contribution in [2.24, 2.45) is 0 Å².